The number of nitrogens with one attached hydrogen (secondary N) is 1. The largest absolute Gasteiger partial charge is 0.309 e. The van der Waals surface area contributed by atoms with Crippen LogP contribution in [0.3, 0.4) is 0 Å². The molecule has 4 rings (SSSR count). The van der Waals surface area contributed by atoms with Gasteiger partial charge in [0.2, 0.25) is 10.0 Å². The van der Waals surface area contributed by atoms with Gasteiger partial charge in [-0.15, -0.1) is 10.2 Å². The summed E-state index contributed by atoms with van der Waals surface area (Å²) < 4.78 is 29.1. The number of sulfonamides is 1. The molecule has 1 aromatic heterocycles. The van der Waals surface area contributed by atoms with Crippen LogP contribution in [-0.2, 0) is 23.0 Å². The molecule has 1 aliphatic carbocycles. The SMILES string of the molecule is O=S(=O)(N[C@@H]1CCc2nnc(-c3ccccc3)n2C1)C1CC1. The van der Waals surface area contributed by atoms with Gasteiger partial charge in [0.1, 0.15) is 5.82 Å². The van der Waals surface area contributed by atoms with Gasteiger partial charge in [-0.3, -0.25) is 0 Å². The van der Waals surface area contributed by atoms with Gasteiger partial charge >= 0.3 is 0 Å². The van der Waals surface area contributed by atoms with Gasteiger partial charge in [-0.25, -0.2) is 13.1 Å². The molecule has 2 aromatic rings. The van der Waals surface area contributed by atoms with Gasteiger partial charge in [0, 0.05) is 24.6 Å². The summed E-state index contributed by atoms with van der Waals surface area (Å²) in [6.45, 7) is 0.596. The van der Waals surface area contributed by atoms with Crippen LogP contribution in [-0.4, -0.2) is 34.5 Å². The number of nitrogens with zero attached hydrogens (tertiary/aromatic N) is 3. The van der Waals surface area contributed by atoms with E-state index in [2.05, 4.69) is 14.9 Å². The summed E-state index contributed by atoms with van der Waals surface area (Å²) in [5.41, 5.74) is 1.01. The fraction of sp³-hybridized carbons (Fsp3) is 0.467. The maximum absolute atomic E-state index is 12.1. The molecule has 0 bridgehead atoms. The van der Waals surface area contributed by atoms with Crippen LogP contribution in [0.2, 0.25) is 0 Å². The van der Waals surface area contributed by atoms with Gasteiger partial charge in [0.15, 0.2) is 5.82 Å². The van der Waals surface area contributed by atoms with Gasteiger partial charge < -0.3 is 4.57 Å². The van der Waals surface area contributed by atoms with Crippen molar-refractivity contribution in [3.63, 3.8) is 0 Å². The number of benzene rings is 1. The minimum Gasteiger partial charge on any atom is -0.309 e. The summed E-state index contributed by atoms with van der Waals surface area (Å²) in [7, 11) is -3.15. The molecule has 2 heterocycles. The third kappa shape index (κ3) is 2.55. The quantitative estimate of drug-likeness (QED) is 0.923. The molecule has 22 heavy (non-hydrogen) atoms. The molecule has 116 valence electrons. The molecular formula is C15H18N4O2S. The first-order valence-electron chi connectivity index (χ1n) is 7.62. The molecule has 0 spiro atoms. The van der Waals surface area contributed by atoms with E-state index in [9.17, 15) is 8.42 Å². The Balaban J connectivity index is 1.59. The van der Waals surface area contributed by atoms with E-state index in [1.54, 1.807) is 0 Å². The first-order valence-corrected chi connectivity index (χ1v) is 9.17. The molecule has 0 unspecified atom stereocenters. The predicted molar refractivity (Wildman–Crippen MR) is 82.6 cm³/mol. The second-order valence-corrected chi connectivity index (χ2v) is 8.01. The molecule has 0 saturated heterocycles. The van der Waals surface area contributed by atoms with Crippen molar-refractivity contribution in [2.24, 2.45) is 0 Å². The molecule has 1 aliphatic heterocycles. The first kappa shape index (κ1) is 13.9. The normalized spacial score (nSPS) is 21.5. The number of aryl methyl sites for hydroxylation is 1. The zero-order valence-electron chi connectivity index (χ0n) is 12.1. The van der Waals surface area contributed by atoms with E-state index < -0.39 is 10.0 Å². The average Bonchev–Trinajstić information content (AvgIpc) is 3.30. The summed E-state index contributed by atoms with van der Waals surface area (Å²) in [4.78, 5) is 0. The molecule has 1 aromatic carbocycles. The molecule has 0 radical (unpaired) electrons. The van der Waals surface area contributed by atoms with Gasteiger partial charge in [-0.05, 0) is 19.3 Å². The Hall–Kier alpha value is -1.73. The summed E-state index contributed by atoms with van der Waals surface area (Å²) >= 11 is 0. The molecule has 7 heteroatoms. The Labute approximate surface area is 129 Å². The van der Waals surface area contributed by atoms with Crippen LogP contribution >= 0.6 is 0 Å². The van der Waals surface area contributed by atoms with Crippen molar-refractivity contribution >= 4 is 10.0 Å². The Kier molecular flexibility index (Phi) is 3.27. The van der Waals surface area contributed by atoms with Crippen molar-refractivity contribution in [3.05, 3.63) is 36.2 Å². The van der Waals surface area contributed by atoms with E-state index in [-0.39, 0.29) is 11.3 Å². The van der Waals surface area contributed by atoms with E-state index in [1.807, 2.05) is 34.9 Å². The van der Waals surface area contributed by atoms with Crippen LogP contribution in [0.1, 0.15) is 25.1 Å². The second kappa shape index (κ2) is 5.17. The van der Waals surface area contributed by atoms with Crippen molar-refractivity contribution in [2.45, 2.75) is 43.5 Å². The highest BCUT2D eigenvalue weighted by atomic mass is 32.2. The molecule has 1 saturated carbocycles. The fourth-order valence-corrected chi connectivity index (χ4v) is 4.54. The lowest BCUT2D eigenvalue weighted by atomic mass is 10.1. The molecule has 1 fully saturated rings. The van der Waals surface area contributed by atoms with Gasteiger partial charge in [0.25, 0.3) is 0 Å². The van der Waals surface area contributed by atoms with Crippen LogP contribution in [0.25, 0.3) is 11.4 Å². The van der Waals surface area contributed by atoms with E-state index in [1.165, 1.54) is 0 Å². The van der Waals surface area contributed by atoms with Crippen LogP contribution < -0.4 is 4.72 Å². The topological polar surface area (TPSA) is 76.9 Å². The van der Waals surface area contributed by atoms with E-state index in [0.717, 1.165) is 42.9 Å². The summed E-state index contributed by atoms with van der Waals surface area (Å²) in [6.07, 6.45) is 3.10. The van der Waals surface area contributed by atoms with E-state index in [0.29, 0.717) is 6.54 Å². The summed E-state index contributed by atoms with van der Waals surface area (Å²) in [5.74, 6) is 1.74. The van der Waals surface area contributed by atoms with Crippen molar-refractivity contribution in [1.29, 1.82) is 0 Å². The first-order chi connectivity index (χ1) is 10.6. The number of hydrogen-bond acceptors (Lipinski definition) is 4. The Morgan fingerprint density at radius 3 is 2.59 bits per heavy atom. The van der Waals surface area contributed by atoms with Crippen molar-refractivity contribution < 1.29 is 8.42 Å². The van der Waals surface area contributed by atoms with E-state index in [4.69, 9.17) is 0 Å². The predicted octanol–water partition coefficient (Wildman–Crippen LogP) is 1.34. The summed E-state index contributed by atoms with van der Waals surface area (Å²) in [6, 6.07) is 9.81. The Morgan fingerprint density at radius 1 is 1.09 bits per heavy atom. The number of aromatic nitrogens is 3. The van der Waals surface area contributed by atoms with Crippen molar-refractivity contribution in [2.75, 3.05) is 0 Å². The van der Waals surface area contributed by atoms with E-state index >= 15 is 0 Å². The Morgan fingerprint density at radius 2 is 1.86 bits per heavy atom. The number of rotatable bonds is 4. The van der Waals surface area contributed by atoms with Crippen molar-refractivity contribution in [1.82, 2.24) is 19.5 Å². The van der Waals surface area contributed by atoms with Crippen LogP contribution in [0.5, 0.6) is 0 Å². The third-order valence-electron chi connectivity index (χ3n) is 4.27. The molecule has 2 aliphatic rings. The van der Waals surface area contributed by atoms with Crippen molar-refractivity contribution in [3.8, 4) is 11.4 Å². The minimum absolute atomic E-state index is 0.0726. The Bertz CT molecular complexity index is 781. The molecule has 1 atom stereocenters. The zero-order valence-corrected chi connectivity index (χ0v) is 13.0. The minimum atomic E-state index is -3.15. The monoisotopic (exact) mass is 318 g/mol. The van der Waals surface area contributed by atoms with Crippen LogP contribution in [0, 0.1) is 0 Å². The number of hydrogen-bond donors (Lipinski definition) is 1. The molecule has 0 amide bonds. The highest BCUT2D eigenvalue weighted by Gasteiger charge is 2.37. The zero-order chi connectivity index (χ0) is 15.2. The highest BCUT2D eigenvalue weighted by Crippen LogP contribution is 2.29. The molecular weight excluding hydrogens is 300 g/mol. The molecule has 1 N–H and O–H groups in total. The van der Waals surface area contributed by atoms with Crippen LogP contribution in [0.4, 0.5) is 0 Å². The number of fused-ring (bicyclic) bond motifs is 1. The average molecular weight is 318 g/mol. The lowest BCUT2D eigenvalue weighted by Crippen LogP contribution is -2.42. The van der Waals surface area contributed by atoms with Gasteiger partial charge in [-0.2, -0.15) is 0 Å². The molecule has 6 nitrogen and oxygen atoms in total. The lowest BCUT2D eigenvalue weighted by Gasteiger charge is -2.25. The van der Waals surface area contributed by atoms with Gasteiger partial charge in [0.05, 0.1) is 5.25 Å². The standard InChI is InChI=1S/C15H18N4O2S/c20-22(21,13-7-8-13)18-12-6-9-14-16-17-15(19(14)10-12)11-4-2-1-3-5-11/h1-5,12-13,18H,6-10H2/t12-/m1/s1. The second-order valence-electron chi connectivity index (χ2n) is 6.01. The summed E-state index contributed by atoms with van der Waals surface area (Å²) in [5, 5.41) is 8.35. The maximum atomic E-state index is 12.1. The van der Waals surface area contributed by atoms with Gasteiger partial charge in [-0.1, -0.05) is 30.3 Å². The third-order valence-corrected chi connectivity index (χ3v) is 6.28. The fourth-order valence-electron chi connectivity index (χ4n) is 2.93. The maximum Gasteiger partial charge on any atom is 0.214 e. The highest BCUT2D eigenvalue weighted by molar-refractivity contribution is 7.90. The lowest BCUT2D eigenvalue weighted by molar-refractivity contribution is 0.423. The van der Waals surface area contributed by atoms with Crippen LogP contribution in [0.15, 0.2) is 30.3 Å². The smallest absolute Gasteiger partial charge is 0.214 e.